The molecular weight excluding hydrogens is 338 g/mol. The number of aromatic nitrogens is 2. The summed E-state index contributed by atoms with van der Waals surface area (Å²) in [5, 5.41) is 0. The zero-order valence-electron chi connectivity index (χ0n) is 15.4. The van der Waals surface area contributed by atoms with Crippen LogP contribution in [0.15, 0.2) is 17.1 Å². The Hall–Kier alpha value is -3.10. The van der Waals surface area contributed by atoms with Crippen LogP contribution < -0.4 is 15.4 Å². The van der Waals surface area contributed by atoms with Gasteiger partial charge in [0.2, 0.25) is 0 Å². The fourth-order valence-electron chi connectivity index (χ4n) is 2.91. The van der Waals surface area contributed by atoms with E-state index in [9.17, 15) is 14.4 Å². The number of hydrogen-bond donors (Lipinski definition) is 0. The molecule has 9 nitrogen and oxygen atoms in total. The molecule has 0 saturated carbocycles. The van der Waals surface area contributed by atoms with E-state index in [-0.39, 0.29) is 28.5 Å². The summed E-state index contributed by atoms with van der Waals surface area (Å²) in [4.78, 5) is 46.7. The molecule has 1 fully saturated rings. The minimum atomic E-state index is -0.686. The van der Waals surface area contributed by atoms with Crippen molar-refractivity contribution in [2.24, 2.45) is 0 Å². The summed E-state index contributed by atoms with van der Waals surface area (Å²) in [7, 11) is 6.64. The molecule has 0 unspecified atom stereocenters. The molecule has 1 saturated heterocycles. The molecule has 0 aliphatic carbocycles. The van der Waals surface area contributed by atoms with Crippen molar-refractivity contribution < 1.29 is 14.3 Å². The lowest BCUT2D eigenvalue weighted by atomic mass is 10.2. The first-order valence-electron chi connectivity index (χ1n) is 8.11. The summed E-state index contributed by atoms with van der Waals surface area (Å²) in [6, 6.07) is 1.60. The summed E-state index contributed by atoms with van der Waals surface area (Å²) in [5.74, 6) is -0.686. The Bertz CT molecular complexity index is 966. The van der Waals surface area contributed by atoms with Gasteiger partial charge >= 0.3 is 12.0 Å². The van der Waals surface area contributed by atoms with Gasteiger partial charge in [0.15, 0.2) is 11.3 Å². The number of esters is 1. The molecular formula is C17H21N5O4. The third-order valence-electron chi connectivity index (χ3n) is 4.52. The Kier molecular flexibility index (Phi) is 4.31. The molecule has 9 heteroatoms. The van der Waals surface area contributed by atoms with Gasteiger partial charge in [-0.25, -0.2) is 14.6 Å². The zero-order chi connectivity index (χ0) is 19.2. The number of hydrogen-bond acceptors (Lipinski definition) is 6. The van der Waals surface area contributed by atoms with E-state index in [0.29, 0.717) is 18.8 Å². The van der Waals surface area contributed by atoms with E-state index in [1.807, 2.05) is 19.0 Å². The quantitative estimate of drug-likeness (QED) is 0.751. The Balaban J connectivity index is 2.37. The summed E-state index contributed by atoms with van der Waals surface area (Å²) >= 11 is 0. The lowest BCUT2D eigenvalue weighted by molar-refractivity contribution is 0.0593. The second-order valence-corrected chi connectivity index (χ2v) is 6.41. The Morgan fingerprint density at radius 1 is 1.27 bits per heavy atom. The fourth-order valence-corrected chi connectivity index (χ4v) is 2.91. The standard InChI is InChI=1S/C17H21N5O4/c1-10-13(16(24)26-5)18-14-12(21-7-6-20(4)17(21)25)8-11(19(2)3)9-22(14)15(10)23/h8-9H,6-7H2,1-5H3. The van der Waals surface area contributed by atoms with Crippen molar-refractivity contribution in [2.45, 2.75) is 6.92 Å². The van der Waals surface area contributed by atoms with Crippen LogP contribution >= 0.6 is 0 Å². The largest absolute Gasteiger partial charge is 0.464 e. The molecule has 0 radical (unpaired) electrons. The maximum Gasteiger partial charge on any atom is 0.357 e. The molecule has 0 bridgehead atoms. The number of carbonyl (C=O) groups is 2. The van der Waals surface area contributed by atoms with Gasteiger partial charge in [-0.15, -0.1) is 0 Å². The monoisotopic (exact) mass is 359 g/mol. The third kappa shape index (κ3) is 2.65. The van der Waals surface area contributed by atoms with E-state index < -0.39 is 5.97 Å². The van der Waals surface area contributed by atoms with Crippen LogP contribution in [0.3, 0.4) is 0 Å². The van der Waals surface area contributed by atoms with E-state index in [1.165, 1.54) is 18.4 Å². The Labute approximate surface area is 150 Å². The first-order valence-corrected chi connectivity index (χ1v) is 8.11. The molecule has 3 heterocycles. The van der Waals surface area contributed by atoms with Crippen molar-refractivity contribution in [1.29, 1.82) is 0 Å². The maximum atomic E-state index is 12.8. The zero-order valence-corrected chi connectivity index (χ0v) is 15.4. The highest BCUT2D eigenvalue weighted by Crippen LogP contribution is 2.28. The number of rotatable bonds is 3. The highest BCUT2D eigenvalue weighted by molar-refractivity contribution is 5.98. The van der Waals surface area contributed by atoms with Gasteiger partial charge in [0.1, 0.15) is 0 Å². The van der Waals surface area contributed by atoms with Gasteiger partial charge in [0, 0.05) is 46.0 Å². The molecule has 0 N–H and O–H groups in total. The SMILES string of the molecule is COC(=O)c1nc2c(N3CCN(C)C3=O)cc(N(C)C)cn2c(=O)c1C. The predicted molar refractivity (Wildman–Crippen MR) is 97.2 cm³/mol. The molecule has 0 spiro atoms. The topological polar surface area (TPSA) is 87.5 Å². The Morgan fingerprint density at radius 3 is 2.50 bits per heavy atom. The smallest absolute Gasteiger partial charge is 0.357 e. The highest BCUT2D eigenvalue weighted by Gasteiger charge is 2.30. The first kappa shape index (κ1) is 17.7. The number of urea groups is 1. The second-order valence-electron chi connectivity index (χ2n) is 6.41. The van der Waals surface area contributed by atoms with Crippen molar-refractivity contribution in [3.8, 4) is 0 Å². The number of ether oxygens (including phenoxy) is 1. The van der Waals surface area contributed by atoms with Crippen LogP contribution in [0.5, 0.6) is 0 Å². The molecule has 2 aromatic rings. The summed E-state index contributed by atoms with van der Waals surface area (Å²) in [6.07, 6.45) is 1.65. The molecule has 26 heavy (non-hydrogen) atoms. The number of fused-ring (bicyclic) bond motifs is 1. The average Bonchev–Trinajstić information content (AvgIpc) is 2.95. The molecule has 3 rings (SSSR count). The van der Waals surface area contributed by atoms with Crippen LogP contribution in [0.4, 0.5) is 16.2 Å². The van der Waals surface area contributed by atoms with Crippen LogP contribution in [-0.4, -0.2) is 67.6 Å². The number of pyridine rings is 1. The highest BCUT2D eigenvalue weighted by atomic mass is 16.5. The van der Waals surface area contributed by atoms with Crippen LogP contribution in [-0.2, 0) is 4.74 Å². The summed E-state index contributed by atoms with van der Waals surface area (Å²) in [6.45, 7) is 2.57. The molecule has 1 aliphatic rings. The Morgan fingerprint density at radius 2 is 1.96 bits per heavy atom. The number of amides is 2. The van der Waals surface area contributed by atoms with E-state index in [4.69, 9.17) is 4.74 Å². The van der Waals surface area contributed by atoms with Crippen molar-refractivity contribution in [2.75, 3.05) is 51.1 Å². The van der Waals surface area contributed by atoms with Crippen LogP contribution in [0.25, 0.3) is 5.65 Å². The van der Waals surface area contributed by atoms with Crippen molar-refractivity contribution >= 4 is 29.0 Å². The lowest BCUT2D eigenvalue weighted by Gasteiger charge is -2.22. The van der Waals surface area contributed by atoms with Gasteiger partial charge < -0.3 is 14.5 Å². The van der Waals surface area contributed by atoms with Gasteiger partial charge in [0.25, 0.3) is 5.56 Å². The average molecular weight is 359 g/mol. The number of likely N-dealkylation sites (N-methyl/N-ethyl adjacent to an activating group) is 1. The molecule has 138 valence electrons. The summed E-state index contributed by atoms with van der Waals surface area (Å²) in [5.41, 5.74) is 1.24. The summed E-state index contributed by atoms with van der Waals surface area (Å²) < 4.78 is 6.11. The van der Waals surface area contributed by atoms with E-state index in [2.05, 4.69) is 4.98 Å². The third-order valence-corrected chi connectivity index (χ3v) is 4.52. The van der Waals surface area contributed by atoms with Gasteiger partial charge in [-0.3, -0.25) is 14.1 Å². The predicted octanol–water partition coefficient (Wildman–Crippen LogP) is 0.727. The van der Waals surface area contributed by atoms with E-state index >= 15 is 0 Å². The molecule has 0 atom stereocenters. The van der Waals surface area contributed by atoms with Gasteiger partial charge in [-0.1, -0.05) is 0 Å². The van der Waals surface area contributed by atoms with E-state index in [1.54, 1.807) is 29.1 Å². The number of anilines is 2. The molecule has 2 amide bonds. The number of carbonyl (C=O) groups excluding carboxylic acids is 2. The minimum absolute atomic E-state index is 0.0450. The van der Waals surface area contributed by atoms with Gasteiger partial charge in [-0.05, 0) is 13.0 Å². The lowest BCUT2D eigenvalue weighted by Crippen LogP contribution is -2.31. The van der Waals surface area contributed by atoms with Crippen molar-refractivity contribution in [3.63, 3.8) is 0 Å². The minimum Gasteiger partial charge on any atom is -0.464 e. The van der Waals surface area contributed by atoms with Crippen LogP contribution in [0.1, 0.15) is 16.1 Å². The van der Waals surface area contributed by atoms with Crippen molar-refractivity contribution in [3.05, 3.63) is 33.9 Å². The number of nitrogens with zero attached hydrogens (tertiary/aromatic N) is 5. The number of methoxy groups -OCH3 is 1. The normalized spacial score (nSPS) is 14.3. The van der Waals surface area contributed by atoms with E-state index in [0.717, 1.165) is 5.69 Å². The van der Waals surface area contributed by atoms with Crippen LogP contribution in [0, 0.1) is 6.92 Å². The maximum absolute atomic E-state index is 12.8. The first-order chi connectivity index (χ1) is 12.3. The van der Waals surface area contributed by atoms with Gasteiger partial charge in [-0.2, -0.15) is 0 Å². The molecule has 2 aromatic heterocycles. The fraction of sp³-hybridized carbons (Fsp3) is 0.412. The second kappa shape index (κ2) is 6.32. The van der Waals surface area contributed by atoms with Crippen molar-refractivity contribution in [1.82, 2.24) is 14.3 Å². The molecule has 1 aliphatic heterocycles. The van der Waals surface area contributed by atoms with Gasteiger partial charge in [0.05, 0.1) is 18.5 Å². The molecule has 0 aromatic carbocycles. The van der Waals surface area contributed by atoms with Crippen LogP contribution in [0.2, 0.25) is 0 Å².